The third-order valence-corrected chi connectivity index (χ3v) is 6.19. The second-order valence-corrected chi connectivity index (χ2v) is 8.44. The standard InChI is InChI=1S/C25H29FN2O/c1-28(2)25(21-12-14-22(26)15-13-21)20-10-8-18(9-11-20)16-24-27-23(17-29-24)19-6-4-3-5-7-19/h3-7,12-15,17-18,20,25H,8-11,16H2,1-2H3. The number of benzene rings is 2. The molecule has 1 heterocycles. The highest BCUT2D eigenvalue weighted by Gasteiger charge is 2.30. The Bertz CT molecular complexity index is 896. The van der Waals surface area contributed by atoms with Crippen LogP contribution in [-0.4, -0.2) is 24.0 Å². The first kappa shape index (κ1) is 19.8. The van der Waals surface area contributed by atoms with Gasteiger partial charge in [-0.2, -0.15) is 0 Å². The van der Waals surface area contributed by atoms with Crippen LogP contribution in [0.15, 0.2) is 65.3 Å². The number of aromatic nitrogens is 1. The van der Waals surface area contributed by atoms with Crippen LogP contribution in [0.3, 0.4) is 0 Å². The predicted octanol–water partition coefficient (Wildman–Crippen LogP) is 6.13. The molecule has 2 aromatic carbocycles. The second kappa shape index (κ2) is 8.91. The van der Waals surface area contributed by atoms with Gasteiger partial charge in [-0.1, -0.05) is 42.5 Å². The summed E-state index contributed by atoms with van der Waals surface area (Å²) in [5.74, 6) is 1.88. The topological polar surface area (TPSA) is 29.3 Å². The number of hydrogen-bond acceptors (Lipinski definition) is 3. The van der Waals surface area contributed by atoms with Gasteiger partial charge in [0.15, 0.2) is 5.89 Å². The zero-order chi connectivity index (χ0) is 20.2. The summed E-state index contributed by atoms with van der Waals surface area (Å²) >= 11 is 0. The largest absolute Gasteiger partial charge is 0.448 e. The van der Waals surface area contributed by atoms with Crippen LogP contribution >= 0.6 is 0 Å². The van der Waals surface area contributed by atoms with Gasteiger partial charge in [-0.05, 0) is 69.3 Å². The van der Waals surface area contributed by atoms with Gasteiger partial charge in [0.25, 0.3) is 0 Å². The van der Waals surface area contributed by atoms with Gasteiger partial charge in [0.1, 0.15) is 17.8 Å². The Morgan fingerprint density at radius 3 is 2.34 bits per heavy atom. The second-order valence-electron chi connectivity index (χ2n) is 8.44. The Labute approximate surface area is 172 Å². The maximum atomic E-state index is 13.3. The number of rotatable bonds is 6. The van der Waals surface area contributed by atoms with E-state index in [9.17, 15) is 4.39 Å². The maximum Gasteiger partial charge on any atom is 0.194 e. The fourth-order valence-corrected chi connectivity index (χ4v) is 4.75. The monoisotopic (exact) mass is 392 g/mol. The van der Waals surface area contributed by atoms with E-state index in [1.165, 1.54) is 31.2 Å². The van der Waals surface area contributed by atoms with Crippen molar-refractivity contribution in [1.82, 2.24) is 9.88 Å². The summed E-state index contributed by atoms with van der Waals surface area (Å²) < 4.78 is 19.1. The molecule has 0 saturated heterocycles. The fourth-order valence-electron chi connectivity index (χ4n) is 4.75. The average molecular weight is 393 g/mol. The zero-order valence-corrected chi connectivity index (χ0v) is 17.2. The van der Waals surface area contributed by atoms with Crippen LogP contribution in [0.25, 0.3) is 11.3 Å². The van der Waals surface area contributed by atoms with Crippen molar-refractivity contribution in [1.29, 1.82) is 0 Å². The van der Waals surface area contributed by atoms with Crippen LogP contribution in [0.2, 0.25) is 0 Å². The molecule has 0 N–H and O–H groups in total. The number of nitrogens with zero attached hydrogens (tertiary/aromatic N) is 2. The van der Waals surface area contributed by atoms with Crippen LogP contribution < -0.4 is 0 Å². The SMILES string of the molecule is CN(C)C(c1ccc(F)cc1)C1CCC(Cc2nc(-c3ccccc3)co2)CC1. The minimum Gasteiger partial charge on any atom is -0.448 e. The molecule has 4 rings (SSSR count). The molecule has 0 spiro atoms. The van der Waals surface area contributed by atoms with Crippen LogP contribution in [0.1, 0.15) is 43.2 Å². The molecule has 1 aliphatic rings. The smallest absolute Gasteiger partial charge is 0.194 e. The van der Waals surface area contributed by atoms with Crippen LogP contribution in [-0.2, 0) is 6.42 Å². The molecule has 4 heteroatoms. The zero-order valence-electron chi connectivity index (χ0n) is 17.2. The molecule has 152 valence electrons. The third-order valence-electron chi connectivity index (χ3n) is 6.19. The normalized spacial score (nSPS) is 20.7. The van der Waals surface area contributed by atoms with Gasteiger partial charge >= 0.3 is 0 Å². The molecule has 1 unspecified atom stereocenters. The van der Waals surface area contributed by atoms with Crippen molar-refractivity contribution in [2.24, 2.45) is 11.8 Å². The Hall–Kier alpha value is -2.46. The molecule has 0 amide bonds. The molecule has 1 saturated carbocycles. The van der Waals surface area contributed by atoms with Crippen LogP contribution in [0, 0.1) is 17.7 Å². The molecule has 1 fully saturated rings. The minimum absolute atomic E-state index is 0.171. The van der Waals surface area contributed by atoms with Gasteiger partial charge in [-0.3, -0.25) is 0 Å². The highest BCUT2D eigenvalue weighted by molar-refractivity contribution is 5.57. The highest BCUT2D eigenvalue weighted by Crippen LogP contribution is 2.40. The van der Waals surface area contributed by atoms with Gasteiger partial charge < -0.3 is 9.32 Å². The van der Waals surface area contributed by atoms with Crippen molar-refractivity contribution >= 4 is 0 Å². The summed E-state index contributed by atoms with van der Waals surface area (Å²) in [5.41, 5.74) is 3.22. The summed E-state index contributed by atoms with van der Waals surface area (Å²) in [6.45, 7) is 0. The summed E-state index contributed by atoms with van der Waals surface area (Å²) in [4.78, 5) is 6.98. The Morgan fingerprint density at radius 1 is 1.00 bits per heavy atom. The molecule has 0 radical (unpaired) electrons. The fraction of sp³-hybridized carbons (Fsp3) is 0.400. The molecule has 1 aromatic heterocycles. The van der Waals surface area contributed by atoms with Crippen molar-refractivity contribution in [2.45, 2.75) is 38.1 Å². The Kier molecular flexibility index (Phi) is 6.10. The quantitative estimate of drug-likeness (QED) is 0.505. The Morgan fingerprint density at radius 2 is 1.69 bits per heavy atom. The molecule has 1 atom stereocenters. The van der Waals surface area contributed by atoms with E-state index < -0.39 is 0 Å². The molecule has 3 aromatic rings. The lowest BCUT2D eigenvalue weighted by molar-refractivity contribution is 0.146. The lowest BCUT2D eigenvalue weighted by Gasteiger charge is -2.37. The van der Waals surface area contributed by atoms with Crippen molar-refractivity contribution in [3.63, 3.8) is 0 Å². The number of halogens is 1. The summed E-state index contributed by atoms with van der Waals surface area (Å²) in [5, 5.41) is 0. The molecule has 0 aliphatic heterocycles. The van der Waals surface area contributed by atoms with Gasteiger partial charge in [-0.25, -0.2) is 9.37 Å². The van der Waals surface area contributed by atoms with Gasteiger partial charge in [0.05, 0.1) is 0 Å². The van der Waals surface area contributed by atoms with E-state index in [0.29, 0.717) is 17.9 Å². The highest BCUT2D eigenvalue weighted by atomic mass is 19.1. The minimum atomic E-state index is -0.171. The number of oxazole rings is 1. The average Bonchev–Trinajstić information content (AvgIpc) is 3.20. The van der Waals surface area contributed by atoms with Crippen molar-refractivity contribution in [3.05, 3.63) is 78.1 Å². The molecule has 3 nitrogen and oxygen atoms in total. The van der Waals surface area contributed by atoms with Crippen molar-refractivity contribution in [3.8, 4) is 11.3 Å². The first-order valence-corrected chi connectivity index (χ1v) is 10.5. The molecular formula is C25H29FN2O. The van der Waals surface area contributed by atoms with Crippen LogP contribution in [0.4, 0.5) is 4.39 Å². The van der Waals surface area contributed by atoms with E-state index in [4.69, 9.17) is 9.40 Å². The summed E-state index contributed by atoms with van der Waals surface area (Å²) in [7, 11) is 4.25. The Balaban J connectivity index is 1.36. The van der Waals surface area contributed by atoms with E-state index in [-0.39, 0.29) is 5.82 Å². The van der Waals surface area contributed by atoms with Gasteiger partial charge in [-0.15, -0.1) is 0 Å². The molecule has 0 bridgehead atoms. The lowest BCUT2D eigenvalue weighted by Crippen LogP contribution is -2.30. The molecular weight excluding hydrogens is 363 g/mol. The third kappa shape index (κ3) is 4.76. The van der Waals surface area contributed by atoms with E-state index >= 15 is 0 Å². The van der Waals surface area contributed by atoms with E-state index in [1.807, 2.05) is 30.3 Å². The first-order chi connectivity index (χ1) is 14.1. The predicted molar refractivity (Wildman–Crippen MR) is 114 cm³/mol. The van der Waals surface area contributed by atoms with Crippen LogP contribution in [0.5, 0.6) is 0 Å². The maximum absolute atomic E-state index is 13.3. The van der Waals surface area contributed by atoms with Gasteiger partial charge in [0.2, 0.25) is 0 Å². The summed E-state index contributed by atoms with van der Waals surface area (Å²) in [6.07, 6.45) is 7.39. The van der Waals surface area contributed by atoms with Crippen molar-refractivity contribution in [2.75, 3.05) is 14.1 Å². The lowest BCUT2D eigenvalue weighted by atomic mass is 9.75. The van der Waals surface area contributed by atoms with E-state index in [1.54, 1.807) is 18.4 Å². The van der Waals surface area contributed by atoms with E-state index in [0.717, 1.165) is 23.6 Å². The van der Waals surface area contributed by atoms with E-state index in [2.05, 4.69) is 31.1 Å². The summed E-state index contributed by atoms with van der Waals surface area (Å²) in [6, 6.07) is 17.5. The van der Waals surface area contributed by atoms with Gasteiger partial charge in [0, 0.05) is 18.0 Å². The first-order valence-electron chi connectivity index (χ1n) is 10.5. The molecule has 1 aliphatic carbocycles. The number of hydrogen-bond donors (Lipinski definition) is 0. The van der Waals surface area contributed by atoms with Crippen molar-refractivity contribution < 1.29 is 8.81 Å². The molecule has 29 heavy (non-hydrogen) atoms.